The van der Waals surface area contributed by atoms with Crippen LogP contribution in [0.2, 0.25) is 0 Å². The highest BCUT2D eigenvalue weighted by atomic mass is 13.9. The van der Waals surface area contributed by atoms with E-state index in [0.29, 0.717) is 0 Å². The van der Waals surface area contributed by atoms with E-state index in [0.717, 1.165) is 12.8 Å². The quantitative estimate of drug-likeness (QED) is 0.293. The van der Waals surface area contributed by atoms with Crippen molar-refractivity contribution in [3.63, 3.8) is 0 Å². The lowest BCUT2D eigenvalue weighted by Gasteiger charge is -1.89. The van der Waals surface area contributed by atoms with Crippen LogP contribution in [0, 0.1) is 0 Å². The third-order valence-electron chi connectivity index (χ3n) is 2.63. The van der Waals surface area contributed by atoms with Gasteiger partial charge in [-0.05, 0) is 44.9 Å². The molecule has 0 rings (SSSR count). The maximum atomic E-state index is 2.31. The molecule has 0 aliphatic heterocycles. The molecule has 0 aliphatic carbocycles. The molecule has 0 fully saturated rings. The van der Waals surface area contributed by atoms with Crippen LogP contribution in [0.25, 0.3) is 0 Å². The van der Waals surface area contributed by atoms with Crippen molar-refractivity contribution < 1.29 is 0 Å². The van der Waals surface area contributed by atoms with Crippen LogP contribution in [-0.2, 0) is 0 Å². The summed E-state index contributed by atoms with van der Waals surface area (Å²) in [5.41, 5.74) is 0. The zero-order valence-electron chi connectivity index (χ0n) is 12.3. The van der Waals surface area contributed by atoms with Crippen molar-refractivity contribution in [2.24, 2.45) is 0 Å². The Morgan fingerprint density at radius 2 is 0.944 bits per heavy atom. The van der Waals surface area contributed by atoms with E-state index in [1.54, 1.807) is 0 Å². The molecule has 0 heterocycles. The van der Waals surface area contributed by atoms with Gasteiger partial charge in [0.25, 0.3) is 0 Å². The van der Waals surface area contributed by atoms with Crippen molar-refractivity contribution in [1.82, 2.24) is 0 Å². The molecule has 0 saturated carbocycles. The van der Waals surface area contributed by atoms with E-state index in [2.05, 4.69) is 62.5 Å². The van der Waals surface area contributed by atoms with Gasteiger partial charge in [-0.25, -0.2) is 0 Å². The van der Waals surface area contributed by atoms with Gasteiger partial charge in [-0.15, -0.1) is 0 Å². The monoisotopic (exact) mass is 246 g/mol. The van der Waals surface area contributed by atoms with Gasteiger partial charge in [0.2, 0.25) is 0 Å². The first-order valence-electron chi connectivity index (χ1n) is 7.51. The predicted molar refractivity (Wildman–Crippen MR) is 84.8 cm³/mol. The van der Waals surface area contributed by atoms with E-state index < -0.39 is 0 Å². The molecule has 0 aromatic heterocycles. The fourth-order valence-corrected chi connectivity index (χ4v) is 1.58. The Morgan fingerprint density at radius 1 is 0.500 bits per heavy atom. The minimum atomic E-state index is 1.08. The highest BCUT2D eigenvalue weighted by molar-refractivity contribution is 4.94. The molecule has 0 bridgehead atoms. The molecule has 0 amide bonds. The summed E-state index contributed by atoms with van der Waals surface area (Å²) in [6.45, 7) is 4.39. The molecule has 0 N–H and O–H groups in total. The molecule has 0 aromatic rings. The Balaban J connectivity index is 3.30. The summed E-state index contributed by atoms with van der Waals surface area (Å²) in [6, 6.07) is 0. The van der Waals surface area contributed by atoms with Gasteiger partial charge in [-0.3, -0.25) is 0 Å². The van der Waals surface area contributed by atoms with Gasteiger partial charge in [0, 0.05) is 0 Å². The van der Waals surface area contributed by atoms with Gasteiger partial charge < -0.3 is 0 Å². The van der Waals surface area contributed by atoms with E-state index in [-0.39, 0.29) is 0 Å². The summed E-state index contributed by atoms with van der Waals surface area (Å²) in [5.74, 6) is 0. The number of unbranched alkanes of at least 4 members (excludes halogenated alkanes) is 3. The third-order valence-corrected chi connectivity index (χ3v) is 2.63. The van der Waals surface area contributed by atoms with Crippen LogP contribution < -0.4 is 0 Å². The second-order valence-electron chi connectivity index (χ2n) is 4.47. The molecule has 0 atom stereocenters. The summed E-state index contributed by atoms with van der Waals surface area (Å²) in [4.78, 5) is 0. The van der Waals surface area contributed by atoms with E-state index in [4.69, 9.17) is 0 Å². The van der Waals surface area contributed by atoms with Crippen molar-refractivity contribution in [2.75, 3.05) is 0 Å². The zero-order valence-corrected chi connectivity index (χ0v) is 12.3. The van der Waals surface area contributed by atoms with Gasteiger partial charge in [-0.2, -0.15) is 0 Å². The van der Waals surface area contributed by atoms with Crippen LogP contribution >= 0.6 is 0 Å². The SMILES string of the molecule is CCC=CCC=CCCC=CCCC=CCCC. The van der Waals surface area contributed by atoms with Crippen LogP contribution in [0.4, 0.5) is 0 Å². The van der Waals surface area contributed by atoms with E-state index in [1.807, 2.05) is 0 Å². The highest BCUT2D eigenvalue weighted by Gasteiger charge is 1.79. The van der Waals surface area contributed by atoms with Gasteiger partial charge >= 0.3 is 0 Å². The van der Waals surface area contributed by atoms with Crippen molar-refractivity contribution in [1.29, 1.82) is 0 Å². The van der Waals surface area contributed by atoms with Crippen molar-refractivity contribution in [3.8, 4) is 0 Å². The largest absolute Gasteiger partial charge is 0.0885 e. The number of allylic oxidation sites excluding steroid dienone is 8. The fraction of sp³-hybridized carbons (Fsp3) is 0.556. The van der Waals surface area contributed by atoms with E-state index >= 15 is 0 Å². The smallest absolute Gasteiger partial charge is 0.0169 e. The minimum absolute atomic E-state index is 1.08. The molecule has 0 heteroatoms. The van der Waals surface area contributed by atoms with E-state index in [1.165, 1.54) is 38.5 Å². The Labute approximate surface area is 114 Å². The summed E-state index contributed by atoms with van der Waals surface area (Å²) in [7, 11) is 0. The first kappa shape index (κ1) is 17.0. The molecule has 18 heavy (non-hydrogen) atoms. The van der Waals surface area contributed by atoms with Crippen molar-refractivity contribution in [3.05, 3.63) is 48.6 Å². The highest BCUT2D eigenvalue weighted by Crippen LogP contribution is 2.00. The predicted octanol–water partition coefficient (Wildman–Crippen LogP) is 6.37. The van der Waals surface area contributed by atoms with Gasteiger partial charge in [-0.1, -0.05) is 68.9 Å². The fourth-order valence-electron chi connectivity index (χ4n) is 1.58. The second-order valence-corrected chi connectivity index (χ2v) is 4.47. The zero-order chi connectivity index (χ0) is 13.3. The minimum Gasteiger partial charge on any atom is -0.0885 e. The molecule has 0 nitrogen and oxygen atoms in total. The molecule has 0 aromatic carbocycles. The normalized spacial score (nSPS) is 12.8. The maximum Gasteiger partial charge on any atom is -0.0169 e. The molecular weight excluding hydrogens is 216 g/mol. The van der Waals surface area contributed by atoms with Crippen LogP contribution in [0.1, 0.15) is 65.2 Å². The maximum absolute atomic E-state index is 2.31. The van der Waals surface area contributed by atoms with Gasteiger partial charge in [0.15, 0.2) is 0 Å². The molecule has 0 saturated heterocycles. The van der Waals surface area contributed by atoms with Crippen LogP contribution in [0.3, 0.4) is 0 Å². The standard InChI is InChI=1S/C18H30/c1-3-5-7-9-11-13-15-17-18-16-14-12-10-8-6-4-2/h5,7-8,10-11,13,16,18H,3-4,6,9,12,14-15,17H2,1-2H3. The topological polar surface area (TPSA) is 0 Å². The average Bonchev–Trinajstić information content (AvgIpc) is 2.39. The third kappa shape index (κ3) is 15.0. The number of hydrogen-bond acceptors (Lipinski definition) is 0. The molecule has 102 valence electrons. The van der Waals surface area contributed by atoms with Crippen molar-refractivity contribution in [2.45, 2.75) is 65.2 Å². The first-order valence-corrected chi connectivity index (χ1v) is 7.51. The van der Waals surface area contributed by atoms with Crippen LogP contribution in [0.5, 0.6) is 0 Å². The summed E-state index contributed by atoms with van der Waals surface area (Å²) < 4.78 is 0. The van der Waals surface area contributed by atoms with E-state index in [9.17, 15) is 0 Å². The average molecular weight is 246 g/mol. The molecule has 0 radical (unpaired) electrons. The second kappa shape index (κ2) is 16.0. The molecule has 0 spiro atoms. The van der Waals surface area contributed by atoms with Crippen molar-refractivity contribution >= 4 is 0 Å². The summed E-state index contributed by atoms with van der Waals surface area (Å²) in [5, 5.41) is 0. The Morgan fingerprint density at radius 3 is 1.44 bits per heavy atom. The molecule has 0 unspecified atom stereocenters. The Kier molecular flexibility index (Phi) is 15.0. The number of rotatable bonds is 11. The van der Waals surface area contributed by atoms with Gasteiger partial charge in [0.05, 0.1) is 0 Å². The molecule has 0 aliphatic rings. The Bertz CT molecular complexity index is 253. The Hall–Kier alpha value is -1.04. The van der Waals surface area contributed by atoms with Crippen LogP contribution in [0.15, 0.2) is 48.6 Å². The summed E-state index contributed by atoms with van der Waals surface area (Å²) in [6.07, 6.45) is 27.6. The van der Waals surface area contributed by atoms with Crippen LogP contribution in [-0.4, -0.2) is 0 Å². The summed E-state index contributed by atoms with van der Waals surface area (Å²) >= 11 is 0. The number of hydrogen-bond donors (Lipinski definition) is 0. The lowest BCUT2D eigenvalue weighted by molar-refractivity contribution is 0.941. The first-order chi connectivity index (χ1) is 8.91. The van der Waals surface area contributed by atoms with Gasteiger partial charge in [0.1, 0.15) is 0 Å². The lowest BCUT2D eigenvalue weighted by atomic mass is 10.2. The molecular formula is C18H30. The lowest BCUT2D eigenvalue weighted by Crippen LogP contribution is -1.68.